The molecular formula is C23H31FN2O. The lowest BCUT2D eigenvalue weighted by Gasteiger charge is -2.63. The van der Waals surface area contributed by atoms with Crippen LogP contribution in [0.4, 0.5) is 4.39 Å². The van der Waals surface area contributed by atoms with Gasteiger partial charge in [0, 0.05) is 12.1 Å². The molecule has 0 aromatic heterocycles. The summed E-state index contributed by atoms with van der Waals surface area (Å²) in [6, 6.07) is 7.35. The Labute approximate surface area is 161 Å². The van der Waals surface area contributed by atoms with Crippen LogP contribution in [0, 0.1) is 29.5 Å². The summed E-state index contributed by atoms with van der Waals surface area (Å²) in [5.74, 6) is 3.28. The number of halogens is 1. The summed E-state index contributed by atoms with van der Waals surface area (Å²) in [4.78, 5) is 13.2. The lowest BCUT2D eigenvalue weighted by Crippen LogP contribution is -2.74. The highest BCUT2D eigenvalue weighted by Crippen LogP contribution is 2.56. The molecule has 1 atom stereocenters. The summed E-state index contributed by atoms with van der Waals surface area (Å²) in [6.45, 7) is 2.69. The first-order valence-electron chi connectivity index (χ1n) is 11.0. The Hall–Kier alpha value is -1.42. The quantitative estimate of drug-likeness (QED) is 0.720. The van der Waals surface area contributed by atoms with Gasteiger partial charge in [-0.3, -0.25) is 9.80 Å². The van der Waals surface area contributed by atoms with Crippen LogP contribution >= 0.6 is 0 Å². The Bertz CT molecular complexity index is 692. The Morgan fingerprint density at radius 1 is 1.04 bits per heavy atom. The molecule has 0 spiro atoms. The van der Waals surface area contributed by atoms with Crippen molar-refractivity contribution in [2.45, 2.75) is 76.9 Å². The highest BCUT2D eigenvalue weighted by atomic mass is 19.1. The summed E-state index contributed by atoms with van der Waals surface area (Å²) in [7, 11) is 0. The number of carbonyl (C=O) groups is 1. The van der Waals surface area contributed by atoms with Gasteiger partial charge in [-0.25, -0.2) is 9.40 Å². The van der Waals surface area contributed by atoms with Gasteiger partial charge in [-0.05, 0) is 68.3 Å². The van der Waals surface area contributed by atoms with Gasteiger partial charge in [-0.15, -0.1) is 0 Å². The van der Waals surface area contributed by atoms with E-state index in [9.17, 15) is 9.18 Å². The van der Waals surface area contributed by atoms with Crippen LogP contribution in [-0.4, -0.2) is 28.0 Å². The van der Waals surface area contributed by atoms with Crippen molar-refractivity contribution in [2.24, 2.45) is 23.7 Å². The fraction of sp³-hybridized carbons (Fsp3) is 0.696. The van der Waals surface area contributed by atoms with Crippen LogP contribution in [0.25, 0.3) is 0 Å². The van der Waals surface area contributed by atoms with Gasteiger partial charge in [0.25, 0.3) is 5.91 Å². The second kappa shape index (κ2) is 6.88. The fourth-order valence-electron chi connectivity index (χ4n) is 6.77. The standard InChI is InChI=1S/C23H31FN2O/c1-2-3-8-21-23(27)26(25(21)14-17-6-4-5-7-20(17)24)22-18-10-15-9-16(12-18)13-19(22)11-15/h4-7,15-16,18-19,21-22H,2-3,8-14H2,1H3. The second-order valence-corrected chi connectivity index (χ2v) is 9.45. The van der Waals surface area contributed by atoms with E-state index < -0.39 is 0 Å². The normalized spacial score (nSPS) is 37.7. The lowest BCUT2D eigenvalue weighted by molar-refractivity contribution is -0.233. The molecule has 4 saturated carbocycles. The van der Waals surface area contributed by atoms with Crippen LogP contribution in [-0.2, 0) is 11.3 Å². The maximum Gasteiger partial charge on any atom is 0.256 e. The number of benzene rings is 1. The van der Waals surface area contributed by atoms with Crippen molar-refractivity contribution in [1.29, 1.82) is 0 Å². The van der Waals surface area contributed by atoms with E-state index in [1.54, 1.807) is 6.07 Å². The summed E-state index contributed by atoms with van der Waals surface area (Å²) in [6.07, 6.45) is 9.67. The first-order valence-corrected chi connectivity index (χ1v) is 11.0. The third kappa shape index (κ3) is 2.91. The van der Waals surface area contributed by atoms with E-state index in [0.29, 0.717) is 35.9 Å². The zero-order valence-corrected chi connectivity index (χ0v) is 16.3. The number of hydrogen-bond donors (Lipinski definition) is 0. The number of hydrogen-bond acceptors (Lipinski definition) is 2. The molecular weight excluding hydrogens is 339 g/mol. The molecule has 5 aliphatic rings. The first-order chi connectivity index (χ1) is 13.2. The van der Waals surface area contributed by atoms with E-state index in [0.717, 1.165) is 31.1 Å². The molecule has 0 radical (unpaired) electrons. The van der Waals surface area contributed by atoms with Crippen molar-refractivity contribution in [3.63, 3.8) is 0 Å². The zero-order chi connectivity index (χ0) is 18.5. The maximum absolute atomic E-state index is 14.3. The average Bonchev–Trinajstić information content (AvgIpc) is 2.65. The number of nitrogens with zero attached hydrogens (tertiary/aromatic N) is 2. The van der Waals surface area contributed by atoms with Crippen LogP contribution in [0.3, 0.4) is 0 Å². The molecule has 1 aromatic carbocycles. The summed E-state index contributed by atoms with van der Waals surface area (Å²) in [5, 5.41) is 4.32. The predicted molar refractivity (Wildman–Crippen MR) is 103 cm³/mol. The molecule has 0 N–H and O–H groups in total. The van der Waals surface area contributed by atoms with Crippen molar-refractivity contribution in [3.05, 3.63) is 35.6 Å². The predicted octanol–water partition coefficient (Wildman–Crippen LogP) is 4.77. The van der Waals surface area contributed by atoms with Gasteiger partial charge >= 0.3 is 0 Å². The van der Waals surface area contributed by atoms with Crippen LogP contribution in [0.2, 0.25) is 0 Å². The van der Waals surface area contributed by atoms with Gasteiger partial charge in [0.05, 0.1) is 6.04 Å². The first kappa shape index (κ1) is 17.7. The molecule has 4 aliphatic carbocycles. The van der Waals surface area contributed by atoms with Crippen LogP contribution < -0.4 is 0 Å². The fourth-order valence-corrected chi connectivity index (χ4v) is 6.77. The molecule has 1 amide bonds. The Balaban J connectivity index is 1.40. The van der Waals surface area contributed by atoms with Gasteiger partial charge < -0.3 is 0 Å². The van der Waals surface area contributed by atoms with Gasteiger partial charge in [0.15, 0.2) is 0 Å². The number of amides is 1. The van der Waals surface area contributed by atoms with E-state index in [2.05, 4.69) is 16.9 Å². The van der Waals surface area contributed by atoms with Crippen molar-refractivity contribution in [3.8, 4) is 0 Å². The number of unbranched alkanes of at least 4 members (excludes halogenated alkanes) is 1. The third-order valence-electron chi connectivity index (χ3n) is 7.73. The van der Waals surface area contributed by atoms with Crippen LogP contribution in [0.15, 0.2) is 24.3 Å². The Kier molecular flexibility index (Phi) is 4.50. The largest absolute Gasteiger partial charge is 0.272 e. The minimum atomic E-state index is -0.156. The highest BCUT2D eigenvalue weighted by Gasteiger charge is 2.57. The monoisotopic (exact) mass is 370 g/mol. The third-order valence-corrected chi connectivity index (χ3v) is 7.73. The molecule has 146 valence electrons. The van der Waals surface area contributed by atoms with Gasteiger partial charge in [-0.2, -0.15) is 0 Å². The Morgan fingerprint density at radius 2 is 1.70 bits per heavy atom. The minimum absolute atomic E-state index is 0.0539. The van der Waals surface area contributed by atoms with Gasteiger partial charge in [-0.1, -0.05) is 38.0 Å². The van der Waals surface area contributed by atoms with E-state index >= 15 is 0 Å². The number of hydrazine groups is 1. The molecule has 3 nitrogen and oxygen atoms in total. The van der Waals surface area contributed by atoms with Crippen LogP contribution in [0.5, 0.6) is 0 Å². The minimum Gasteiger partial charge on any atom is -0.272 e. The molecule has 1 unspecified atom stereocenters. The zero-order valence-electron chi connectivity index (χ0n) is 16.3. The summed E-state index contributed by atoms with van der Waals surface area (Å²) < 4.78 is 14.3. The number of rotatable bonds is 6. The Morgan fingerprint density at radius 3 is 2.33 bits per heavy atom. The van der Waals surface area contributed by atoms with Crippen molar-refractivity contribution < 1.29 is 9.18 Å². The molecule has 27 heavy (non-hydrogen) atoms. The molecule has 5 fully saturated rings. The van der Waals surface area contributed by atoms with E-state index in [4.69, 9.17) is 0 Å². The van der Waals surface area contributed by atoms with E-state index in [1.165, 1.54) is 38.2 Å². The van der Waals surface area contributed by atoms with Gasteiger partial charge in [0.1, 0.15) is 11.9 Å². The maximum atomic E-state index is 14.3. The number of carbonyl (C=O) groups excluding carboxylic acids is 1. The topological polar surface area (TPSA) is 23.6 Å². The SMILES string of the molecule is CCCCC1C(=O)N(C2C3CC4CC(C3)CC2C4)N1Cc1ccccc1F. The van der Waals surface area contributed by atoms with Crippen molar-refractivity contribution in [2.75, 3.05) is 0 Å². The second-order valence-electron chi connectivity index (χ2n) is 9.45. The molecule has 1 heterocycles. The smallest absolute Gasteiger partial charge is 0.256 e. The van der Waals surface area contributed by atoms with Gasteiger partial charge in [0.2, 0.25) is 0 Å². The molecule has 1 aliphatic heterocycles. The highest BCUT2D eigenvalue weighted by molar-refractivity contribution is 5.86. The average molecular weight is 371 g/mol. The lowest BCUT2D eigenvalue weighted by atomic mass is 9.54. The van der Waals surface area contributed by atoms with E-state index in [-0.39, 0.29) is 11.9 Å². The molecule has 1 aromatic rings. The molecule has 6 rings (SSSR count). The van der Waals surface area contributed by atoms with Crippen molar-refractivity contribution in [1.82, 2.24) is 10.0 Å². The molecule has 4 heteroatoms. The van der Waals surface area contributed by atoms with E-state index in [1.807, 2.05) is 12.1 Å². The van der Waals surface area contributed by atoms with Crippen molar-refractivity contribution >= 4 is 5.91 Å². The summed E-state index contributed by atoms with van der Waals surface area (Å²) in [5.41, 5.74) is 0.709. The molecule has 4 bridgehead atoms. The molecule has 1 saturated heterocycles. The summed E-state index contributed by atoms with van der Waals surface area (Å²) >= 11 is 0. The van der Waals surface area contributed by atoms with Crippen LogP contribution in [0.1, 0.15) is 63.9 Å².